The highest BCUT2D eigenvalue weighted by molar-refractivity contribution is 7.88. The number of hydrogen-bond donors (Lipinski definition) is 7. The molecule has 1 saturated heterocycles. The molecule has 0 bridgehead atoms. The predicted molar refractivity (Wildman–Crippen MR) is 137 cm³/mol. The molecule has 3 rings (SSSR count). The maximum atomic E-state index is 12.0. The molecule has 2 aromatic rings. The number of carbonyl (C=O) groups is 1. The van der Waals surface area contributed by atoms with Crippen LogP contribution in [-0.4, -0.2) is 101 Å². The van der Waals surface area contributed by atoms with Gasteiger partial charge in [0.05, 0.1) is 12.6 Å². The average Bonchev–Trinajstić information content (AvgIpc) is 3.38. The number of imidazole rings is 1. The quantitative estimate of drug-likeness (QED) is 0.125. The Morgan fingerprint density at radius 3 is 2.68 bits per heavy atom. The van der Waals surface area contributed by atoms with E-state index in [4.69, 9.17) is 10.5 Å². The first kappa shape index (κ1) is 28.9. The summed E-state index contributed by atoms with van der Waals surface area (Å²) in [7, 11) is -3.18. The van der Waals surface area contributed by atoms with Gasteiger partial charge >= 0.3 is 0 Å². The summed E-state index contributed by atoms with van der Waals surface area (Å²) in [6.45, 7) is 4.05. The van der Waals surface area contributed by atoms with Crippen molar-refractivity contribution < 1.29 is 28.2 Å². The van der Waals surface area contributed by atoms with Crippen LogP contribution in [0.5, 0.6) is 0 Å². The summed E-state index contributed by atoms with van der Waals surface area (Å²) in [5.74, 6) is 0.249. The smallest absolute Gasteiger partial charge is 0.226 e. The number of aromatic nitrogens is 4. The van der Waals surface area contributed by atoms with Gasteiger partial charge in [-0.15, -0.1) is 0 Å². The average molecular weight is 544 g/mol. The summed E-state index contributed by atoms with van der Waals surface area (Å²) in [6, 6.07) is 0. The second kappa shape index (κ2) is 13.3. The van der Waals surface area contributed by atoms with E-state index in [2.05, 4.69) is 35.6 Å². The molecule has 4 atom stereocenters. The van der Waals surface area contributed by atoms with Crippen LogP contribution in [0.1, 0.15) is 38.8 Å². The molecule has 0 aliphatic carbocycles. The highest BCUT2D eigenvalue weighted by Crippen LogP contribution is 2.32. The van der Waals surface area contributed by atoms with E-state index in [1.807, 2.05) is 6.92 Å². The topological polar surface area (TPSA) is 219 Å². The van der Waals surface area contributed by atoms with Crippen LogP contribution < -0.4 is 26.4 Å². The third-order valence-corrected chi connectivity index (χ3v) is 6.56. The number of sulfonamides is 1. The number of hydrogen-bond acceptors (Lipinski definition) is 12. The van der Waals surface area contributed by atoms with Crippen molar-refractivity contribution >= 4 is 38.9 Å². The highest BCUT2D eigenvalue weighted by atomic mass is 32.2. The molecular formula is C21H37N9O6S. The maximum absolute atomic E-state index is 12.0. The molecule has 2 aromatic heterocycles. The number of nitrogens with one attached hydrogen (secondary N) is 4. The minimum absolute atomic E-state index is 0.107. The van der Waals surface area contributed by atoms with Crippen molar-refractivity contribution in [3.63, 3.8) is 0 Å². The normalized spacial score (nSPS) is 21.9. The van der Waals surface area contributed by atoms with Gasteiger partial charge in [0.15, 0.2) is 17.7 Å². The van der Waals surface area contributed by atoms with Gasteiger partial charge in [0.2, 0.25) is 21.9 Å². The number of aliphatic hydroxyl groups is 2. The Balaban J connectivity index is 1.48. The van der Waals surface area contributed by atoms with Gasteiger partial charge in [0.25, 0.3) is 0 Å². The molecule has 15 nitrogen and oxygen atoms in total. The summed E-state index contributed by atoms with van der Waals surface area (Å²) >= 11 is 0. The summed E-state index contributed by atoms with van der Waals surface area (Å²) in [5, 5.41) is 29.8. The fourth-order valence-electron chi connectivity index (χ4n) is 3.93. The van der Waals surface area contributed by atoms with Gasteiger partial charge in [0, 0.05) is 32.6 Å². The lowest BCUT2D eigenvalue weighted by Crippen LogP contribution is -2.37. The van der Waals surface area contributed by atoms with Crippen LogP contribution in [-0.2, 0) is 19.6 Å². The fraction of sp³-hybridized carbons (Fsp3) is 0.714. The summed E-state index contributed by atoms with van der Waals surface area (Å²) < 4.78 is 31.8. The lowest BCUT2D eigenvalue weighted by Gasteiger charge is -2.17. The Kier molecular flexibility index (Phi) is 10.4. The van der Waals surface area contributed by atoms with E-state index in [0.717, 1.165) is 12.7 Å². The Morgan fingerprint density at radius 1 is 1.16 bits per heavy atom. The van der Waals surface area contributed by atoms with Crippen molar-refractivity contribution in [2.45, 2.75) is 57.1 Å². The van der Waals surface area contributed by atoms with Gasteiger partial charge in [0.1, 0.15) is 23.8 Å². The molecule has 1 amide bonds. The Morgan fingerprint density at radius 2 is 1.95 bits per heavy atom. The maximum Gasteiger partial charge on any atom is 0.226 e. The van der Waals surface area contributed by atoms with E-state index >= 15 is 0 Å². The first-order chi connectivity index (χ1) is 17.6. The minimum atomic E-state index is -3.18. The first-order valence-electron chi connectivity index (χ1n) is 12.3. The van der Waals surface area contributed by atoms with Crippen molar-refractivity contribution in [1.82, 2.24) is 34.9 Å². The number of nitrogens with two attached hydrogens (primary N) is 1. The SMILES string of the molecule is CCNC[C@H]1O[C@@H](n2cnc3c(N)nc(NCCNC(=O)CCCCCNS(C)(=O)=O)nc32)[C@H](O)[C@@H]1O. The van der Waals surface area contributed by atoms with Crippen molar-refractivity contribution in [3.05, 3.63) is 6.33 Å². The largest absolute Gasteiger partial charge is 0.387 e. The number of ether oxygens (including phenoxy) is 1. The number of carbonyl (C=O) groups excluding carboxylic acids is 1. The van der Waals surface area contributed by atoms with Crippen molar-refractivity contribution in [2.24, 2.45) is 0 Å². The van der Waals surface area contributed by atoms with Crippen molar-refractivity contribution in [3.8, 4) is 0 Å². The highest BCUT2D eigenvalue weighted by Gasteiger charge is 2.44. The third kappa shape index (κ3) is 8.18. The van der Waals surface area contributed by atoms with Crippen LogP contribution in [0.3, 0.4) is 0 Å². The number of likely N-dealkylation sites (N-methyl/N-ethyl adjacent to an activating group) is 1. The van der Waals surface area contributed by atoms with Gasteiger partial charge in [-0.3, -0.25) is 9.36 Å². The fourth-order valence-corrected chi connectivity index (χ4v) is 4.44. The van der Waals surface area contributed by atoms with Gasteiger partial charge in [-0.05, 0) is 19.4 Å². The van der Waals surface area contributed by atoms with E-state index in [0.29, 0.717) is 63.2 Å². The zero-order chi connectivity index (χ0) is 27.0. The molecule has 0 unspecified atom stereocenters. The standard InChI is InChI=1S/C21H37N9O6S/c1-3-23-11-13-16(32)17(33)20(36-13)30-12-26-15-18(22)28-21(29-19(15)30)25-10-9-24-14(31)7-5-4-6-8-27-37(2,34)35/h12-13,16-17,20,23,27,32-33H,3-11H2,1-2H3,(H,24,31)(H3,22,25,28,29)/t13-,16-,17-,20-/m1/s1. The molecular weight excluding hydrogens is 506 g/mol. The Hall–Kier alpha value is -2.63. The van der Waals surface area contributed by atoms with Crippen LogP contribution in [0.15, 0.2) is 6.33 Å². The second-order valence-corrected chi connectivity index (χ2v) is 10.7. The summed E-state index contributed by atoms with van der Waals surface area (Å²) in [6.07, 6.45) is 1.20. The molecule has 1 aliphatic heterocycles. The molecule has 1 aliphatic rings. The number of fused-ring (bicyclic) bond motifs is 1. The number of unbranched alkanes of at least 4 members (excludes halogenated alkanes) is 2. The number of aliphatic hydroxyl groups excluding tert-OH is 2. The predicted octanol–water partition coefficient (Wildman–Crippen LogP) is -1.73. The Bertz CT molecular complexity index is 1140. The zero-order valence-electron chi connectivity index (χ0n) is 21.1. The minimum Gasteiger partial charge on any atom is -0.387 e. The van der Waals surface area contributed by atoms with E-state index < -0.39 is 34.6 Å². The number of nitrogen functional groups attached to an aromatic ring is 1. The number of anilines is 2. The lowest BCUT2D eigenvalue weighted by atomic mass is 10.1. The number of amides is 1. The monoisotopic (exact) mass is 543 g/mol. The van der Waals surface area contributed by atoms with E-state index in [-0.39, 0.29) is 17.7 Å². The second-order valence-electron chi connectivity index (χ2n) is 8.86. The molecule has 0 spiro atoms. The van der Waals surface area contributed by atoms with Gasteiger partial charge in [-0.25, -0.2) is 18.1 Å². The lowest BCUT2D eigenvalue weighted by molar-refractivity contribution is -0.121. The molecule has 16 heteroatoms. The van der Waals surface area contributed by atoms with Crippen LogP contribution in [0, 0.1) is 0 Å². The molecule has 0 saturated carbocycles. The van der Waals surface area contributed by atoms with Crippen molar-refractivity contribution in [1.29, 1.82) is 0 Å². The first-order valence-corrected chi connectivity index (χ1v) is 14.2. The third-order valence-electron chi connectivity index (χ3n) is 5.83. The summed E-state index contributed by atoms with van der Waals surface area (Å²) in [4.78, 5) is 24.9. The molecule has 8 N–H and O–H groups in total. The van der Waals surface area contributed by atoms with E-state index in [1.54, 1.807) is 0 Å². The zero-order valence-corrected chi connectivity index (χ0v) is 21.9. The number of rotatable bonds is 15. The van der Waals surface area contributed by atoms with Gasteiger partial charge in [-0.2, -0.15) is 9.97 Å². The van der Waals surface area contributed by atoms with Gasteiger partial charge < -0.3 is 36.6 Å². The van der Waals surface area contributed by atoms with E-state index in [1.165, 1.54) is 10.9 Å². The van der Waals surface area contributed by atoms with Gasteiger partial charge in [-0.1, -0.05) is 13.3 Å². The van der Waals surface area contributed by atoms with Crippen LogP contribution in [0.25, 0.3) is 11.2 Å². The molecule has 208 valence electrons. The summed E-state index contributed by atoms with van der Waals surface area (Å²) in [5.41, 5.74) is 6.73. The van der Waals surface area contributed by atoms with Crippen LogP contribution >= 0.6 is 0 Å². The molecule has 37 heavy (non-hydrogen) atoms. The Labute approximate surface area is 215 Å². The molecule has 0 aromatic carbocycles. The van der Waals surface area contributed by atoms with Crippen LogP contribution in [0.4, 0.5) is 11.8 Å². The molecule has 3 heterocycles. The molecule has 0 radical (unpaired) electrons. The van der Waals surface area contributed by atoms with E-state index in [9.17, 15) is 23.4 Å². The number of nitrogens with zero attached hydrogens (tertiary/aromatic N) is 4. The van der Waals surface area contributed by atoms with Crippen LogP contribution in [0.2, 0.25) is 0 Å². The molecule has 1 fully saturated rings. The van der Waals surface area contributed by atoms with Crippen molar-refractivity contribution in [2.75, 3.05) is 50.0 Å².